The largest absolute Gasteiger partial charge is 0.507 e. The highest BCUT2D eigenvalue weighted by molar-refractivity contribution is 7.22. The van der Waals surface area contributed by atoms with Crippen LogP contribution in [0.4, 0.5) is 9.52 Å². The van der Waals surface area contributed by atoms with E-state index in [0.717, 1.165) is 21.8 Å². The number of carbonyl (C=O) groups excluding carboxylic acids is 2. The number of aryl methyl sites for hydroxylation is 1. The molecule has 0 bridgehead atoms. The first-order chi connectivity index (χ1) is 15.8. The minimum absolute atomic E-state index is 0.0858. The third-order valence-electron chi connectivity index (χ3n) is 5.51. The van der Waals surface area contributed by atoms with E-state index < -0.39 is 23.5 Å². The number of anilines is 1. The second kappa shape index (κ2) is 8.10. The fraction of sp³-hybridized carbons (Fsp3) is 0.0800. The summed E-state index contributed by atoms with van der Waals surface area (Å²) in [5, 5.41) is 11.8. The van der Waals surface area contributed by atoms with Gasteiger partial charge in [-0.25, -0.2) is 9.37 Å². The van der Waals surface area contributed by atoms with Crippen molar-refractivity contribution in [2.24, 2.45) is 0 Å². The van der Waals surface area contributed by atoms with Crippen molar-refractivity contribution >= 4 is 55.7 Å². The van der Waals surface area contributed by atoms with Crippen molar-refractivity contribution in [3.05, 3.63) is 99.8 Å². The van der Waals surface area contributed by atoms with Crippen LogP contribution in [0.25, 0.3) is 16.0 Å². The molecule has 0 aliphatic carbocycles. The Morgan fingerprint density at radius 1 is 1.09 bits per heavy atom. The molecule has 0 saturated carbocycles. The molecule has 164 valence electrons. The molecule has 1 aliphatic heterocycles. The molecule has 5 rings (SSSR count). The summed E-state index contributed by atoms with van der Waals surface area (Å²) < 4.78 is 15.7. The topological polar surface area (TPSA) is 70.5 Å². The molecule has 1 aliphatic rings. The van der Waals surface area contributed by atoms with Gasteiger partial charge in [0.1, 0.15) is 17.6 Å². The Kier molecular flexibility index (Phi) is 5.23. The number of ketones is 1. The number of thiazole rings is 1. The molecule has 0 spiro atoms. The Bertz CT molecular complexity index is 1460. The number of benzene rings is 3. The van der Waals surface area contributed by atoms with Gasteiger partial charge in [-0.1, -0.05) is 71.0 Å². The van der Waals surface area contributed by atoms with Crippen LogP contribution in [-0.2, 0) is 9.59 Å². The number of fused-ring (bicyclic) bond motifs is 1. The lowest BCUT2D eigenvalue weighted by Crippen LogP contribution is -2.29. The zero-order valence-corrected chi connectivity index (χ0v) is 18.8. The van der Waals surface area contributed by atoms with E-state index in [4.69, 9.17) is 11.6 Å². The van der Waals surface area contributed by atoms with E-state index >= 15 is 0 Å². The Labute approximate surface area is 197 Å². The first-order valence-electron chi connectivity index (χ1n) is 10.0. The summed E-state index contributed by atoms with van der Waals surface area (Å²) in [6.07, 6.45) is 0. The number of rotatable bonds is 3. The van der Waals surface area contributed by atoms with E-state index in [1.807, 2.05) is 6.92 Å². The van der Waals surface area contributed by atoms with Crippen molar-refractivity contribution in [1.82, 2.24) is 4.98 Å². The van der Waals surface area contributed by atoms with Gasteiger partial charge in [0.25, 0.3) is 5.78 Å². The summed E-state index contributed by atoms with van der Waals surface area (Å²) in [5.41, 5.74) is 1.81. The fourth-order valence-corrected chi connectivity index (χ4v) is 5.15. The molecule has 5 nitrogen and oxygen atoms in total. The van der Waals surface area contributed by atoms with Gasteiger partial charge in [0.15, 0.2) is 5.13 Å². The molecule has 0 radical (unpaired) electrons. The summed E-state index contributed by atoms with van der Waals surface area (Å²) >= 11 is 7.24. The van der Waals surface area contributed by atoms with Crippen molar-refractivity contribution in [1.29, 1.82) is 0 Å². The molecule has 4 aromatic rings. The quantitative estimate of drug-likeness (QED) is 0.222. The van der Waals surface area contributed by atoms with Crippen molar-refractivity contribution in [2.45, 2.75) is 13.0 Å². The van der Waals surface area contributed by atoms with Crippen molar-refractivity contribution in [3.8, 4) is 0 Å². The predicted molar refractivity (Wildman–Crippen MR) is 127 cm³/mol. The van der Waals surface area contributed by atoms with Crippen LogP contribution in [0.5, 0.6) is 0 Å². The highest BCUT2D eigenvalue weighted by Gasteiger charge is 2.49. The minimum atomic E-state index is -1.18. The third kappa shape index (κ3) is 3.59. The molecule has 1 unspecified atom stereocenters. The number of hydrogen-bond acceptors (Lipinski definition) is 5. The van der Waals surface area contributed by atoms with Crippen LogP contribution in [0.3, 0.4) is 0 Å². The molecule has 1 atom stereocenters. The maximum absolute atomic E-state index is 14.9. The Morgan fingerprint density at radius 2 is 1.82 bits per heavy atom. The van der Waals surface area contributed by atoms with Gasteiger partial charge in [0.2, 0.25) is 0 Å². The molecule has 2 heterocycles. The first-order valence-corrected chi connectivity index (χ1v) is 11.2. The van der Waals surface area contributed by atoms with Gasteiger partial charge in [-0.15, -0.1) is 0 Å². The van der Waals surface area contributed by atoms with Crippen LogP contribution in [0.1, 0.15) is 22.7 Å². The van der Waals surface area contributed by atoms with E-state index in [9.17, 15) is 19.1 Å². The van der Waals surface area contributed by atoms with Crippen LogP contribution in [-0.4, -0.2) is 21.8 Å². The van der Waals surface area contributed by atoms with Gasteiger partial charge in [0, 0.05) is 16.1 Å². The van der Waals surface area contributed by atoms with Crippen molar-refractivity contribution < 1.29 is 19.1 Å². The second-order valence-electron chi connectivity index (χ2n) is 7.67. The Morgan fingerprint density at radius 3 is 2.55 bits per heavy atom. The highest BCUT2D eigenvalue weighted by atomic mass is 35.5. The van der Waals surface area contributed by atoms with Crippen LogP contribution in [0.2, 0.25) is 5.02 Å². The molecule has 1 amide bonds. The second-order valence-corrected chi connectivity index (χ2v) is 9.11. The maximum Gasteiger partial charge on any atom is 0.301 e. The summed E-state index contributed by atoms with van der Waals surface area (Å²) in [7, 11) is 0. The van der Waals surface area contributed by atoms with E-state index in [1.54, 1.807) is 48.5 Å². The van der Waals surface area contributed by atoms with Gasteiger partial charge in [0.05, 0.1) is 15.8 Å². The number of aromatic nitrogens is 1. The molecule has 3 aromatic carbocycles. The Balaban J connectivity index is 1.75. The molecule has 33 heavy (non-hydrogen) atoms. The van der Waals surface area contributed by atoms with E-state index in [0.29, 0.717) is 20.8 Å². The third-order valence-corrected chi connectivity index (χ3v) is 6.77. The van der Waals surface area contributed by atoms with E-state index in [1.165, 1.54) is 18.2 Å². The molecule has 1 N–H and O–H groups in total. The monoisotopic (exact) mass is 478 g/mol. The van der Waals surface area contributed by atoms with Gasteiger partial charge in [-0.05, 0) is 31.2 Å². The highest BCUT2D eigenvalue weighted by Crippen LogP contribution is 2.45. The van der Waals surface area contributed by atoms with Gasteiger partial charge < -0.3 is 5.11 Å². The lowest BCUT2D eigenvalue weighted by Gasteiger charge is -2.23. The summed E-state index contributed by atoms with van der Waals surface area (Å²) in [6.45, 7) is 1.89. The molecule has 1 saturated heterocycles. The van der Waals surface area contributed by atoms with Crippen LogP contribution in [0.15, 0.2) is 72.3 Å². The van der Waals surface area contributed by atoms with Crippen LogP contribution >= 0.6 is 22.9 Å². The molecule has 1 fully saturated rings. The number of Topliss-reactive ketones (excluding diaryl/α,β-unsaturated/α-hetero) is 1. The number of amides is 1. The van der Waals surface area contributed by atoms with Crippen molar-refractivity contribution in [3.63, 3.8) is 0 Å². The predicted octanol–water partition coefficient (Wildman–Crippen LogP) is 6.02. The number of halogens is 2. The number of aliphatic hydroxyl groups is 1. The van der Waals surface area contributed by atoms with E-state index in [2.05, 4.69) is 4.98 Å². The normalized spacial score (nSPS) is 17.8. The lowest BCUT2D eigenvalue weighted by atomic mass is 9.95. The van der Waals surface area contributed by atoms with Gasteiger partial charge in [-0.3, -0.25) is 14.5 Å². The first kappa shape index (κ1) is 21.3. The molecule has 1 aromatic heterocycles. The van der Waals surface area contributed by atoms with Crippen LogP contribution < -0.4 is 4.90 Å². The SMILES string of the molecule is Cc1ccc(C(O)=C2C(=O)C(=O)N(c3nc4ccc(Cl)cc4s3)C2c2ccccc2F)cc1. The molecular formula is C25H16ClFN2O3S. The summed E-state index contributed by atoms with van der Waals surface area (Å²) in [6, 6.07) is 16.6. The average Bonchev–Trinajstić information content (AvgIpc) is 3.32. The lowest BCUT2D eigenvalue weighted by molar-refractivity contribution is -0.132. The maximum atomic E-state index is 14.9. The van der Waals surface area contributed by atoms with E-state index in [-0.39, 0.29) is 22.0 Å². The zero-order valence-electron chi connectivity index (χ0n) is 17.3. The number of carbonyl (C=O) groups is 2. The molecule has 8 heteroatoms. The summed E-state index contributed by atoms with van der Waals surface area (Å²) in [5.74, 6) is -2.76. The Hall–Kier alpha value is -3.55. The van der Waals surface area contributed by atoms with Gasteiger partial charge in [-0.2, -0.15) is 0 Å². The zero-order chi connectivity index (χ0) is 23.3. The smallest absolute Gasteiger partial charge is 0.301 e. The number of aliphatic hydroxyl groups excluding tert-OH is 1. The number of nitrogens with zero attached hydrogens (tertiary/aromatic N) is 2. The van der Waals surface area contributed by atoms with Gasteiger partial charge >= 0.3 is 5.91 Å². The van der Waals surface area contributed by atoms with Crippen molar-refractivity contribution in [2.75, 3.05) is 4.90 Å². The summed E-state index contributed by atoms with van der Waals surface area (Å²) in [4.78, 5) is 32.0. The van der Waals surface area contributed by atoms with Crippen LogP contribution in [0, 0.1) is 12.7 Å². The average molecular weight is 479 g/mol. The fourth-order valence-electron chi connectivity index (χ4n) is 3.88. The standard InChI is InChI=1S/C25H16ClFN2O3S/c1-13-6-8-14(9-7-13)22(30)20-21(16-4-2-3-5-17(16)27)29(24(32)23(20)31)25-28-18-11-10-15(26)12-19(18)33-25/h2-12,21,30H,1H3. The minimum Gasteiger partial charge on any atom is -0.507 e. The molecular weight excluding hydrogens is 463 g/mol. The number of hydrogen-bond donors (Lipinski definition) is 1.